The van der Waals surface area contributed by atoms with Crippen molar-refractivity contribution in [2.75, 3.05) is 18.9 Å². The summed E-state index contributed by atoms with van der Waals surface area (Å²) < 4.78 is 26.8. The molecule has 0 spiro atoms. The molecule has 2 amide bonds. The minimum atomic E-state index is -0.881. The Balaban J connectivity index is 1.73. The summed E-state index contributed by atoms with van der Waals surface area (Å²) in [5, 5.41) is 5.74. The van der Waals surface area contributed by atoms with Crippen molar-refractivity contribution in [2.24, 2.45) is 0 Å². The fraction of sp³-hybridized carbons (Fsp3) is 0.333. The van der Waals surface area contributed by atoms with E-state index >= 15 is 0 Å². The second-order valence-corrected chi connectivity index (χ2v) is 6.28. The molecule has 0 radical (unpaired) electrons. The largest absolute Gasteiger partial charge is 0.333 e. The van der Waals surface area contributed by atoms with Crippen LogP contribution in [-0.4, -0.2) is 35.5 Å². The fourth-order valence-corrected chi connectivity index (χ4v) is 3.22. The van der Waals surface area contributed by atoms with Crippen LogP contribution >= 0.6 is 0 Å². The molecule has 2 atom stereocenters. The summed E-state index contributed by atoms with van der Waals surface area (Å²) in [6.07, 6.45) is 4.00. The predicted molar refractivity (Wildman–Crippen MR) is 91.3 cm³/mol. The SMILES string of the molecule is Cc1cnccc1NC(=O)N[C@@H]1CCN(C)[C@@H]1c1ccc(F)c(F)c1. The van der Waals surface area contributed by atoms with Crippen LogP contribution in [0.2, 0.25) is 0 Å². The van der Waals surface area contributed by atoms with Crippen LogP contribution in [0.4, 0.5) is 19.3 Å². The highest BCUT2D eigenvalue weighted by molar-refractivity contribution is 5.90. The van der Waals surface area contributed by atoms with Gasteiger partial charge in [-0.1, -0.05) is 6.07 Å². The number of likely N-dealkylation sites (tertiary alicyclic amines) is 1. The molecule has 2 N–H and O–H groups in total. The van der Waals surface area contributed by atoms with E-state index in [4.69, 9.17) is 0 Å². The minimum absolute atomic E-state index is 0.197. The number of aromatic nitrogens is 1. The average Bonchev–Trinajstić information content (AvgIpc) is 2.93. The smallest absolute Gasteiger partial charge is 0.319 e. The molecule has 1 fully saturated rings. The summed E-state index contributed by atoms with van der Waals surface area (Å²) in [6.45, 7) is 2.61. The predicted octanol–water partition coefficient (Wildman–Crippen LogP) is 3.24. The van der Waals surface area contributed by atoms with Gasteiger partial charge in [0, 0.05) is 24.6 Å². The van der Waals surface area contributed by atoms with Gasteiger partial charge in [-0.15, -0.1) is 0 Å². The number of amides is 2. The Morgan fingerprint density at radius 2 is 2.08 bits per heavy atom. The third-order valence-corrected chi connectivity index (χ3v) is 4.52. The van der Waals surface area contributed by atoms with Crippen molar-refractivity contribution in [1.82, 2.24) is 15.2 Å². The third kappa shape index (κ3) is 3.76. The van der Waals surface area contributed by atoms with Gasteiger partial charge in [-0.25, -0.2) is 13.6 Å². The van der Waals surface area contributed by atoms with Gasteiger partial charge in [0.2, 0.25) is 0 Å². The molecular weight excluding hydrogens is 326 g/mol. The van der Waals surface area contributed by atoms with Crippen molar-refractivity contribution in [3.63, 3.8) is 0 Å². The summed E-state index contributed by atoms with van der Waals surface area (Å²) in [7, 11) is 1.90. The number of benzene rings is 1. The summed E-state index contributed by atoms with van der Waals surface area (Å²) in [5.74, 6) is -1.76. The zero-order chi connectivity index (χ0) is 18.0. The number of nitrogens with one attached hydrogen (secondary N) is 2. The molecular formula is C18H20F2N4O. The van der Waals surface area contributed by atoms with Crippen molar-refractivity contribution < 1.29 is 13.6 Å². The van der Waals surface area contributed by atoms with E-state index in [0.717, 1.165) is 24.6 Å². The molecule has 3 rings (SSSR count). The molecule has 0 aliphatic carbocycles. The Bertz CT molecular complexity index is 783. The van der Waals surface area contributed by atoms with Crippen LogP contribution in [-0.2, 0) is 0 Å². The van der Waals surface area contributed by atoms with Crippen LogP contribution in [0.3, 0.4) is 0 Å². The van der Waals surface area contributed by atoms with Crippen molar-refractivity contribution in [2.45, 2.75) is 25.4 Å². The second-order valence-electron chi connectivity index (χ2n) is 6.28. The Kier molecular flexibility index (Phi) is 4.94. The molecule has 0 saturated carbocycles. The van der Waals surface area contributed by atoms with Crippen LogP contribution in [0, 0.1) is 18.6 Å². The van der Waals surface area contributed by atoms with E-state index in [1.807, 2.05) is 18.9 Å². The van der Waals surface area contributed by atoms with Gasteiger partial charge >= 0.3 is 6.03 Å². The number of halogens is 2. The molecule has 1 aromatic heterocycles. The summed E-state index contributed by atoms with van der Waals surface area (Å²) in [4.78, 5) is 18.3. The number of hydrogen-bond acceptors (Lipinski definition) is 3. The normalized spacial score (nSPS) is 20.5. The number of carbonyl (C=O) groups is 1. The highest BCUT2D eigenvalue weighted by atomic mass is 19.2. The zero-order valence-electron chi connectivity index (χ0n) is 14.1. The van der Waals surface area contributed by atoms with Crippen molar-refractivity contribution >= 4 is 11.7 Å². The Labute approximate surface area is 145 Å². The molecule has 1 saturated heterocycles. The van der Waals surface area contributed by atoms with E-state index in [0.29, 0.717) is 11.3 Å². The van der Waals surface area contributed by atoms with Gasteiger partial charge in [0.15, 0.2) is 11.6 Å². The van der Waals surface area contributed by atoms with Crippen LogP contribution in [0.1, 0.15) is 23.6 Å². The van der Waals surface area contributed by atoms with E-state index in [1.54, 1.807) is 24.5 Å². The van der Waals surface area contributed by atoms with E-state index < -0.39 is 11.6 Å². The van der Waals surface area contributed by atoms with Crippen molar-refractivity contribution in [3.05, 3.63) is 59.4 Å². The molecule has 2 aromatic rings. The Hall–Kier alpha value is -2.54. The lowest BCUT2D eigenvalue weighted by Crippen LogP contribution is -2.41. The van der Waals surface area contributed by atoms with Crippen molar-refractivity contribution in [1.29, 1.82) is 0 Å². The lowest BCUT2D eigenvalue weighted by atomic mass is 10.00. The number of hydrogen-bond donors (Lipinski definition) is 2. The van der Waals surface area contributed by atoms with Gasteiger partial charge in [0.25, 0.3) is 0 Å². The fourth-order valence-electron chi connectivity index (χ4n) is 3.22. The number of nitrogens with zero attached hydrogens (tertiary/aromatic N) is 2. The van der Waals surface area contributed by atoms with Gasteiger partial charge in [0.1, 0.15) is 0 Å². The molecule has 7 heteroatoms. The van der Waals surface area contributed by atoms with Crippen LogP contribution in [0.5, 0.6) is 0 Å². The third-order valence-electron chi connectivity index (χ3n) is 4.52. The van der Waals surface area contributed by atoms with E-state index in [-0.39, 0.29) is 18.1 Å². The molecule has 1 aliphatic rings. The van der Waals surface area contributed by atoms with Gasteiger partial charge in [-0.3, -0.25) is 9.88 Å². The highest BCUT2D eigenvalue weighted by Crippen LogP contribution is 2.31. The first-order valence-corrected chi connectivity index (χ1v) is 8.09. The first-order valence-electron chi connectivity index (χ1n) is 8.09. The van der Waals surface area contributed by atoms with E-state index in [9.17, 15) is 13.6 Å². The van der Waals surface area contributed by atoms with Gasteiger partial charge in [-0.2, -0.15) is 0 Å². The van der Waals surface area contributed by atoms with Crippen LogP contribution in [0.25, 0.3) is 0 Å². The molecule has 5 nitrogen and oxygen atoms in total. The first-order chi connectivity index (χ1) is 12.0. The van der Waals surface area contributed by atoms with Gasteiger partial charge in [-0.05, 0) is 49.7 Å². The Morgan fingerprint density at radius 1 is 1.28 bits per heavy atom. The van der Waals surface area contributed by atoms with Gasteiger partial charge < -0.3 is 10.6 Å². The number of carbonyl (C=O) groups excluding carboxylic acids is 1. The standard InChI is InChI=1S/C18H20F2N4O/c1-11-10-21-7-5-15(11)22-18(25)23-16-6-8-24(2)17(16)12-3-4-13(19)14(20)9-12/h3-5,7,9-10,16-17H,6,8H2,1-2H3,(H2,21,22,23,25)/t16-,17-/m1/s1. The number of pyridine rings is 1. The molecule has 132 valence electrons. The molecule has 1 aliphatic heterocycles. The summed E-state index contributed by atoms with van der Waals surface area (Å²) >= 11 is 0. The van der Waals surface area contributed by atoms with Crippen LogP contribution in [0.15, 0.2) is 36.7 Å². The maximum absolute atomic E-state index is 13.6. The number of urea groups is 1. The number of rotatable bonds is 3. The lowest BCUT2D eigenvalue weighted by Gasteiger charge is -2.26. The van der Waals surface area contributed by atoms with Crippen molar-refractivity contribution in [3.8, 4) is 0 Å². The van der Waals surface area contributed by atoms with Gasteiger partial charge in [0.05, 0.1) is 12.1 Å². The number of likely N-dealkylation sites (N-methyl/N-ethyl adjacent to an activating group) is 1. The number of anilines is 1. The molecule has 1 aromatic carbocycles. The monoisotopic (exact) mass is 346 g/mol. The van der Waals surface area contributed by atoms with Crippen LogP contribution < -0.4 is 10.6 Å². The highest BCUT2D eigenvalue weighted by Gasteiger charge is 2.34. The Morgan fingerprint density at radius 3 is 2.80 bits per heavy atom. The second kappa shape index (κ2) is 7.14. The topological polar surface area (TPSA) is 57.3 Å². The molecule has 0 unspecified atom stereocenters. The molecule has 2 heterocycles. The maximum Gasteiger partial charge on any atom is 0.319 e. The number of aryl methyl sites for hydroxylation is 1. The first kappa shape index (κ1) is 17.3. The molecule has 25 heavy (non-hydrogen) atoms. The van der Waals surface area contributed by atoms with E-state index in [2.05, 4.69) is 15.6 Å². The maximum atomic E-state index is 13.6. The summed E-state index contributed by atoms with van der Waals surface area (Å²) in [5.41, 5.74) is 2.19. The zero-order valence-corrected chi connectivity index (χ0v) is 14.1. The average molecular weight is 346 g/mol. The minimum Gasteiger partial charge on any atom is -0.333 e. The molecule has 0 bridgehead atoms. The summed E-state index contributed by atoms with van der Waals surface area (Å²) in [6, 6.07) is 4.86. The lowest BCUT2D eigenvalue weighted by molar-refractivity contribution is 0.240. The van der Waals surface area contributed by atoms with E-state index in [1.165, 1.54) is 6.07 Å². The quantitative estimate of drug-likeness (QED) is 0.897.